The van der Waals surface area contributed by atoms with Gasteiger partial charge < -0.3 is 24.5 Å². The smallest absolute Gasteiger partial charge is 0.244 e. The number of carbonyl (C=O) groups is 1. The number of aromatic nitrogens is 2. The average Bonchev–Trinajstić information content (AvgIpc) is 2.99. The van der Waals surface area contributed by atoms with Crippen LogP contribution in [-0.2, 0) is 17.9 Å². The van der Waals surface area contributed by atoms with Gasteiger partial charge in [0.2, 0.25) is 5.91 Å². The number of fused-ring (bicyclic) bond motifs is 1. The molecule has 2 aromatic carbocycles. The van der Waals surface area contributed by atoms with Gasteiger partial charge in [-0.1, -0.05) is 12.1 Å². The Morgan fingerprint density at radius 2 is 2.00 bits per heavy atom. The van der Waals surface area contributed by atoms with E-state index in [4.69, 9.17) is 9.47 Å². The van der Waals surface area contributed by atoms with E-state index < -0.39 is 0 Å². The number of imidazole rings is 1. The first-order valence-electron chi connectivity index (χ1n) is 7.73. The lowest BCUT2D eigenvalue weighted by atomic mass is 10.2. The molecule has 0 saturated heterocycles. The predicted molar refractivity (Wildman–Crippen MR) is 93.8 cm³/mol. The number of nitrogens with one attached hydrogen (secondary N) is 1. The standard InChI is InChI=1S/C18H19N3O4/c1-24-12-7-8-14(16(9-12)25-2)20-18(23)10-21-15-6-4-3-5-13(15)19-17(21)11-22/h3-9,22H,10-11H2,1-2H3,(H,20,23). The van der Waals surface area contributed by atoms with Crippen LogP contribution in [-0.4, -0.2) is 34.8 Å². The monoisotopic (exact) mass is 341 g/mol. The lowest BCUT2D eigenvalue weighted by Crippen LogP contribution is -2.20. The molecule has 0 saturated carbocycles. The molecule has 0 unspecified atom stereocenters. The van der Waals surface area contributed by atoms with Gasteiger partial charge in [0.05, 0.1) is 30.9 Å². The van der Waals surface area contributed by atoms with Gasteiger partial charge in [0, 0.05) is 6.07 Å². The van der Waals surface area contributed by atoms with Crippen LogP contribution < -0.4 is 14.8 Å². The van der Waals surface area contributed by atoms with Crippen LogP contribution in [0.1, 0.15) is 5.82 Å². The maximum absolute atomic E-state index is 12.5. The van der Waals surface area contributed by atoms with Crippen LogP contribution in [0.5, 0.6) is 11.5 Å². The molecule has 0 spiro atoms. The Kier molecular flexibility index (Phi) is 4.85. The first-order valence-corrected chi connectivity index (χ1v) is 7.73. The van der Waals surface area contributed by atoms with Crippen LogP contribution in [0.4, 0.5) is 5.69 Å². The molecule has 7 heteroatoms. The molecule has 0 aliphatic heterocycles. The highest BCUT2D eigenvalue weighted by molar-refractivity contribution is 5.93. The number of aliphatic hydroxyl groups excluding tert-OH is 1. The van der Waals surface area contributed by atoms with Gasteiger partial charge in [-0.05, 0) is 24.3 Å². The number of amides is 1. The lowest BCUT2D eigenvalue weighted by Gasteiger charge is -2.13. The Morgan fingerprint density at radius 1 is 1.20 bits per heavy atom. The molecule has 3 rings (SSSR count). The van der Waals surface area contributed by atoms with E-state index in [-0.39, 0.29) is 19.1 Å². The molecule has 0 atom stereocenters. The van der Waals surface area contributed by atoms with E-state index >= 15 is 0 Å². The van der Waals surface area contributed by atoms with Crippen molar-refractivity contribution in [3.63, 3.8) is 0 Å². The zero-order valence-electron chi connectivity index (χ0n) is 14.0. The first-order chi connectivity index (χ1) is 12.2. The quantitative estimate of drug-likeness (QED) is 0.718. The van der Waals surface area contributed by atoms with Crippen LogP contribution in [0.15, 0.2) is 42.5 Å². The lowest BCUT2D eigenvalue weighted by molar-refractivity contribution is -0.116. The van der Waals surface area contributed by atoms with Gasteiger partial charge in [-0.25, -0.2) is 4.98 Å². The maximum atomic E-state index is 12.5. The molecular formula is C18H19N3O4. The molecular weight excluding hydrogens is 322 g/mol. The number of hydrogen-bond donors (Lipinski definition) is 2. The normalized spacial score (nSPS) is 10.7. The fourth-order valence-electron chi connectivity index (χ4n) is 2.66. The van der Waals surface area contributed by atoms with Crippen LogP contribution in [0, 0.1) is 0 Å². The maximum Gasteiger partial charge on any atom is 0.244 e. The Balaban J connectivity index is 1.84. The summed E-state index contributed by atoms with van der Waals surface area (Å²) >= 11 is 0. The van der Waals surface area contributed by atoms with Crippen LogP contribution >= 0.6 is 0 Å². The van der Waals surface area contributed by atoms with Crippen LogP contribution in [0.25, 0.3) is 11.0 Å². The van der Waals surface area contributed by atoms with Gasteiger partial charge in [0.25, 0.3) is 0 Å². The predicted octanol–water partition coefficient (Wildman–Crippen LogP) is 2.18. The largest absolute Gasteiger partial charge is 0.497 e. The molecule has 2 N–H and O–H groups in total. The minimum atomic E-state index is -0.249. The number of rotatable bonds is 6. The van der Waals surface area contributed by atoms with Crippen molar-refractivity contribution < 1.29 is 19.4 Å². The highest BCUT2D eigenvalue weighted by Crippen LogP contribution is 2.29. The number of para-hydroxylation sites is 2. The molecule has 130 valence electrons. The van der Waals surface area contributed by atoms with Gasteiger partial charge in [0.15, 0.2) is 0 Å². The molecule has 1 aromatic heterocycles. The fourth-order valence-corrected chi connectivity index (χ4v) is 2.66. The van der Waals surface area contributed by atoms with E-state index in [2.05, 4.69) is 10.3 Å². The van der Waals surface area contributed by atoms with Crippen molar-refractivity contribution in [2.24, 2.45) is 0 Å². The summed E-state index contributed by atoms with van der Waals surface area (Å²) in [6.07, 6.45) is 0. The van der Waals surface area contributed by atoms with Crippen LogP contribution in [0.3, 0.4) is 0 Å². The van der Waals surface area contributed by atoms with Gasteiger partial charge in [-0.3, -0.25) is 4.79 Å². The molecule has 1 heterocycles. The van der Waals surface area contributed by atoms with Crippen molar-refractivity contribution in [3.05, 3.63) is 48.3 Å². The molecule has 7 nitrogen and oxygen atoms in total. The molecule has 3 aromatic rings. The summed E-state index contributed by atoms with van der Waals surface area (Å²) < 4.78 is 12.1. The second kappa shape index (κ2) is 7.23. The second-order valence-corrected chi connectivity index (χ2v) is 5.38. The van der Waals surface area contributed by atoms with Crippen molar-refractivity contribution in [1.29, 1.82) is 0 Å². The van der Waals surface area contributed by atoms with Crippen LogP contribution in [0.2, 0.25) is 0 Å². The van der Waals surface area contributed by atoms with Crippen molar-refractivity contribution in [1.82, 2.24) is 9.55 Å². The Labute approximate surface area is 144 Å². The summed E-state index contributed by atoms with van der Waals surface area (Å²) in [5, 5.41) is 12.3. The summed E-state index contributed by atoms with van der Waals surface area (Å²) in [6.45, 7) is -0.209. The van der Waals surface area contributed by atoms with E-state index in [1.165, 1.54) is 7.11 Å². The summed E-state index contributed by atoms with van der Waals surface area (Å²) in [6, 6.07) is 12.6. The second-order valence-electron chi connectivity index (χ2n) is 5.38. The number of hydrogen-bond acceptors (Lipinski definition) is 5. The zero-order chi connectivity index (χ0) is 17.8. The minimum Gasteiger partial charge on any atom is -0.497 e. The summed E-state index contributed by atoms with van der Waals surface area (Å²) in [7, 11) is 3.09. The third kappa shape index (κ3) is 3.41. The molecule has 0 bridgehead atoms. The number of aliphatic hydroxyl groups is 1. The topological polar surface area (TPSA) is 85.6 Å². The van der Waals surface area contributed by atoms with E-state index in [0.717, 1.165) is 11.0 Å². The van der Waals surface area contributed by atoms with Crippen molar-refractivity contribution in [2.45, 2.75) is 13.2 Å². The Hall–Kier alpha value is -3.06. The summed E-state index contributed by atoms with van der Waals surface area (Å²) in [4.78, 5) is 16.8. The third-order valence-corrected chi connectivity index (χ3v) is 3.86. The number of nitrogens with zero attached hydrogens (tertiary/aromatic N) is 2. The van der Waals surface area contributed by atoms with Gasteiger partial charge in [0.1, 0.15) is 30.5 Å². The Morgan fingerprint density at radius 3 is 2.72 bits per heavy atom. The van der Waals surface area contributed by atoms with E-state index in [1.807, 2.05) is 24.3 Å². The Bertz CT molecular complexity index is 904. The third-order valence-electron chi connectivity index (χ3n) is 3.86. The number of anilines is 1. The van der Waals surface area contributed by atoms with E-state index in [1.54, 1.807) is 29.9 Å². The molecule has 1 amide bonds. The summed E-state index contributed by atoms with van der Waals surface area (Å²) in [5.41, 5.74) is 2.08. The van der Waals surface area contributed by atoms with E-state index in [9.17, 15) is 9.90 Å². The highest BCUT2D eigenvalue weighted by Gasteiger charge is 2.14. The minimum absolute atomic E-state index is 0.0333. The molecule has 0 aliphatic carbocycles. The number of ether oxygens (including phenoxy) is 2. The van der Waals surface area contributed by atoms with Crippen molar-refractivity contribution in [2.75, 3.05) is 19.5 Å². The van der Waals surface area contributed by atoms with Crippen molar-refractivity contribution >= 4 is 22.6 Å². The number of benzene rings is 2. The average molecular weight is 341 g/mol. The molecule has 0 fully saturated rings. The van der Waals surface area contributed by atoms with E-state index in [0.29, 0.717) is 23.0 Å². The molecule has 0 aliphatic rings. The highest BCUT2D eigenvalue weighted by atomic mass is 16.5. The number of carbonyl (C=O) groups excluding carboxylic acids is 1. The summed E-state index contributed by atoms with van der Waals surface area (Å²) in [5.74, 6) is 1.34. The SMILES string of the molecule is COc1ccc(NC(=O)Cn2c(CO)nc3ccccc32)c(OC)c1. The molecule has 0 radical (unpaired) electrons. The molecule has 25 heavy (non-hydrogen) atoms. The first kappa shape index (κ1) is 16.8. The fraction of sp³-hybridized carbons (Fsp3) is 0.222. The zero-order valence-corrected chi connectivity index (χ0v) is 14.0. The van der Waals surface area contributed by atoms with Gasteiger partial charge >= 0.3 is 0 Å². The van der Waals surface area contributed by atoms with Gasteiger partial charge in [-0.2, -0.15) is 0 Å². The van der Waals surface area contributed by atoms with Crippen molar-refractivity contribution in [3.8, 4) is 11.5 Å². The van der Waals surface area contributed by atoms with Gasteiger partial charge in [-0.15, -0.1) is 0 Å². The number of methoxy groups -OCH3 is 2.